The van der Waals surface area contributed by atoms with Crippen LogP contribution in [0, 0.1) is 11.3 Å². The van der Waals surface area contributed by atoms with Crippen LogP contribution in [0.2, 0.25) is 0 Å². The lowest BCUT2D eigenvalue weighted by molar-refractivity contribution is -0.116. The van der Waals surface area contributed by atoms with E-state index in [1.54, 1.807) is 36.4 Å². The molecular formula is C20H21N3O3S. The summed E-state index contributed by atoms with van der Waals surface area (Å²) in [6, 6.07) is 16.0. The first-order chi connectivity index (χ1) is 13.0. The highest BCUT2D eigenvalue weighted by Gasteiger charge is 2.27. The molecule has 140 valence electrons. The van der Waals surface area contributed by atoms with Gasteiger partial charge in [-0.3, -0.25) is 4.79 Å². The first kappa shape index (κ1) is 19.1. The second-order valence-electron chi connectivity index (χ2n) is 6.62. The van der Waals surface area contributed by atoms with Gasteiger partial charge in [0.25, 0.3) is 0 Å². The van der Waals surface area contributed by atoms with Crippen LogP contribution >= 0.6 is 0 Å². The fourth-order valence-corrected chi connectivity index (χ4v) is 3.91. The molecule has 2 N–H and O–H groups in total. The smallest absolute Gasteiger partial charge is 0.240 e. The van der Waals surface area contributed by atoms with Crippen LogP contribution in [-0.2, 0) is 27.7 Å². The number of amides is 1. The van der Waals surface area contributed by atoms with E-state index in [0.717, 1.165) is 24.0 Å². The number of aryl methyl sites for hydroxylation is 1. The number of rotatable bonds is 8. The third-order valence-electron chi connectivity index (χ3n) is 4.29. The molecule has 1 fully saturated rings. The summed E-state index contributed by atoms with van der Waals surface area (Å²) in [6.07, 6.45) is 2.96. The van der Waals surface area contributed by atoms with Crippen LogP contribution in [0.15, 0.2) is 53.4 Å². The first-order valence-corrected chi connectivity index (χ1v) is 10.3. The number of carbonyl (C=O) groups excluding carboxylic acids is 1. The van der Waals surface area contributed by atoms with Crippen molar-refractivity contribution in [3.63, 3.8) is 0 Å². The highest BCUT2D eigenvalue weighted by Crippen LogP contribution is 2.22. The molecule has 0 aromatic heterocycles. The van der Waals surface area contributed by atoms with Gasteiger partial charge in [0.05, 0.1) is 17.4 Å². The average molecular weight is 383 g/mol. The Kier molecular flexibility index (Phi) is 5.89. The molecule has 0 heterocycles. The van der Waals surface area contributed by atoms with E-state index in [2.05, 4.69) is 16.1 Å². The summed E-state index contributed by atoms with van der Waals surface area (Å²) in [6.45, 7) is 0. The average Bonchev–Trinajstić information content (AvgIpc) is 3.45. The minimum Gasteiger partial charge on any atom is -0.326 e. The third-order valence-corrected chi connectivity index (χ3v) is 5.83. The number of hydrogen-bond donors (Lipinski definition) is 2. The van der Waals surface area contributed by atoms with Crippen molar-refractivity contribution in [1.82, 2.24) is 4.72 Å². The predicted octanol–water partition coefficient (Wildman–Crippen LogP) is 2.76. The topological polar surface area (TPSA) is 99.1 Å². The lowest BCUT2D eigenvalue weighted by atomic mass is 10.1. The number of nitrogens with one attached hydrogen (secondary N) is 2. The molecule has 0 atom stereocenters. The van der Waals surface area contributed by atoms with Gasteiger partial charge in [-0.1, -0.05) is 24.3 Å². The van der Waals surface area contributed by atoms with Gasteiger partial charge >= 0.3 is 0 Å². The van der Waals surface area contributed by atoms with Gasteiger partial charge in [-0.2, -0.15) is 5.26 Å². The summed E-state index contributed by atoms with van der Waals surface area (Å²) >= 11 is 0. The van der Waals surface area contributed by atoms with Crippen LogP contribution in [0.5, 0.6) is 0 Å². The molecule has 0 aliphatic heterocycles. The molecule has 1 aliphatic rings. The van der Waals surface area contributed by atoms with Gasteiger partial charge in [-0.05, 0) is 54.7 Å². The number of hydrogen-bond acceptors (Lipinski definition) is 4. The van der Waals surface area contributed by atoms with E-state index in [0.29, 0.717) is 24.9 Å². The summed E-state index contributed by atoms with van der Waals surface area (Å²) in [5.41, 5.74) is 2.50. The van der Waals surface area contributed by atoms with E-state index in [-0.39, 0.29) is 16.8 Å². The molecule has 27 heavy (non-hydrogen) atoms. The summed E-state index contributed by atoms with van der Waals surface area (Å²) < 4.78 is 26.9. The molecule has 6 nitrogen and oxygen atoms in total. The van der Waals surface area contributed by atoms with Gasteiger partial charge in [-0.25, -0.2) is 13.1 Å². The molecule has 2 aromatic rings. The van der Waals surface area contributed by atoms with Gasteiger partial charge in [-0.15, -0.1) is 0 Å². The molecule has 1 amide bonds. The Morgan fingerprint density at radius 3 is 2.26 bits per heavy atom. The molecule has 0 spiro atoms. The van der Waals surface area contributed by atoms with Crippen LogP contribution in [0.25, 0.3) is 0 Å². The molecule has 0 radical (unpaired) electrons. The van der Waals surface area contributed by atoms with E-state index in [4.69, 9.17) is 5.26 Å². The molecule has 1 saturated carbocycles. The Morgan fingerprint density at radius 2 is 1.67 bits per heavy atom. The number of nitriles is 1. The van der Waals surface area contributed by atoms with E-state index < -0.39 is 10.0 Å². The highest BCUT2D eigenvalue weighted by molar-refractivity contribution is 7.89. The summed E-state index contributed by atoms with van der Waals surface area (Å²) in [7, 11) is -3.44. The highest BCUT2D eigenvalue weighted by atomic mass is 32.2. The fraction of sp³-hybridized carbons (Fsp3) is 0.300. The maximum absolute atomic E-state index is 12.1. The van der Waals surface area contributed by atoms with Crippen LogP contribution in [0.4, 0.5) is 5.69 Å². The van der Waals surface area contributed by atoms with Gasteiger partial charge < -0.3 is 5.32 Å². The second kappa shape index (κ2) is 8.33. The fourth-order valence-electron chi connectivity index (χ4n) is 2.60. The van der Waals surface area contributed by atoms with Crippen molar-refractivity contribution in [1.29, 1.82) is 5.26 Å². The van der Waals surface area contributed by atoms with Gasteiger partial charge in [0, 0.05) is 18.2 Å². The zero-order valence-corrected chi connectivity index (χ0v) is 15.6. The van der Waals surface area contributed by atoms with Crippen LogP contribution in [-0.4, -0.2) is 20.4 Å². The van der Waals surface area contributed by atoms with Crippen LogP contribution < -0.4 is 10.0 Å². The normalized spacial score (nSPS) is 13.7. The van der Waals surface area contributed by atoms with Crippen molar-refractivity contribution in [2.45, 2.75) is 43.0 Å². The first-order valence-electron chi connectivity index (χ1n) is 8.83. The number of sulfonamides is 1. The molecule has 0 bridgehead atoms. The van der Waals surface area contributed by atoms with Crippen molar-refractivity contribution in [2.75, 3.05) is 5.32 Å². The molecular weight excluding hydrogens is 362 g/mol. The monoisotopic (exact) mass is 383 g/mol. The van der Waals surface area contributed by atoms with Crippen LogP contribution in [0.3, 0.4) is 0 Å². The molecule has 1 aliphatic carbocycles. The zero-order valence-electron chi connectivity index (χ0n) is 14.8. The minimum atomic E-state index is -3.44. The van der Waals surface area contributed by atoms with Crippen molar-refractivity contribution >= 4 is 21.6 Å². The van der Waals surface area contributed by atoms with E-state index in [1.807, 2.05) is 12.1 Å². The quantitative estimate of drug-likeness (QED) is 0.732. The Bertz CT molecular complexity index is 941. The number of carbonyl (C=O) groups is 1. The summed E-state index contributed by atoms with van der Waals surface area (Å²) in [5.74, 6) is -0.116. The maximum Gasteiger partial charge on any atom is 0.240 e. The summed E-state index contributed by atoms with van der Waals surface area (Å²) in [4.78, 5) is 12.3. The lowest BCUT2D eigenvalue weighted by Gasteiger charge is -2.08. The van der Waals surface area contributed by atoms with Crippen LogP contribution in [0.1, 0.15) is 30.4 Å². The van der Waals surface area contributed by atoms with E-state index in [9.17, 15) is 13.2 Å². The Balaban J connectivity index is 1.50. The van der Waals surface area contributed by atoms with Crippen molar-refractivity contribution in [3.05, 3.63) is 59.7 Å². The second-order valence-corrected chi connectivity index (χ2v) is 8.33. The van der Waals surface area contributed by atoms with Crippen molar-refractivity contribution in [2.24, 2.45) is 0 Å². The zero-order chi connectivity index (χ0) is 19.3. The van der Waals surface area contributed by atoms with Gasteiger partial charge in [0.2, 0.25) is 15.9 Å². The predicted molar refractivity (Wildman–Crippen MR) is 102 cm³/mol. The third kappa shape index (κ3) is 5.64. The lowest BCUT2D eigenvalue weighted by Crippen LogP contribution is -2.25. The van der Waals surface area contributed by atoms with E-state index >= 15 is 0 Å². The molecule has 3 rings (SSSR count). The van der Waals surface area contributed by atoms with Crippen molar-refractivity contribution < 1.29 is 13.2 Å². The molecule has 7 heteroatoms. The summed E-state index contributed by atoms with van der Waals surface area (Å²) in [5, 5.41) is 11.5. The molecule has 0 saturated heterocycles. The largest absolute Gasteiger partial charge is 0.326 e. The Labute approximate surface area is 159 Å². The van der Waals surface area contributed by atoms with E-state index in [1.165, 1.54) is 0 Å². The number of benzene rings is 2. The minimum absolute atomic E-state index is 0.0762. The van der Waals surface area contributed by atoms with Gasteiger partial charge in [0.15, 0.2) is 0 Å². The Hall–Kier alpha value is -2.69. The number of anilines is 1. The van der Waals surface area contributed by atoms with Crippen molar-refractivity contribution in [3.8, 4) is 6.07 Å². The SMILES string of the molecule is N#CCc1ccc(NC(=O)CCc2ccc(S(=O)(=O)NC3CC3)cc2)cc1. The Morgan fingerprint density at radius 1 is 1.04 bits per heavy atom. The maximum atomic E-state index is 12.1. The molecule has 0 unspecified atom stereocenters. The standard InChI is InChI=1S/C20H21N3O3S/c21-14-13-16-1-6-17(7-2-16)22-20(24)12-5-15-3-10-19(11-4-15)27(25,26)23-18-8-9-18/h1-4,6-7,10-11,18,23H,5,8-9,12-13H2,(H,22,24). The number of nitrogens with zero attached hydrogens (tertiary/aromatic N) is 1. The van der Waals surface area contributed by atoms with Gasteiger partial charge in [0.1, 0.15) is 0 Å². The molecule has 2 aromatic carbocycles.